The van der Waals surface area contributed by atoms with E-state index in [1.165, 1.54) is 0 Å². The first kappa shape index (κ1) is 10.9. The molecule has 0 bridgehead atoms. The van der Waals surface area contributed by atoms with Gasteiger partial charge >= 0.3 is 5.97 Å². The lowest BCUT2D eigenvalue weighted by atomic mass is 10.3. The number of ether oxygens (including phenoxy) is 1. The number of nitrogens with two attached hydrogens (primary N) is 1. The summed E-state index contributed by atoms with van der Waals surface area (Å²) in [6, 6.07) is 0. The second-order valence-corrected chi connectivity index (χ2v) is 3.47. The number of carbonyl (C=O) groups excluding carboxylic acids is 1. The first-order chi connectivity index (χ1) is 5.22. The molecule has 0 saturated heterocycles. The summed E-state index contributed by atoms with van der Waals surface area (Å²) in [5.41, 5.74) is 5.26. The van der Waals surface area contributed by atoms with Crippen LogP contribution in [0.15, 0.2) is 12.7 Å². The highest BCUT2D eigenvalue weighted by molar-refractivity contribution is 14.1. The van der Waals surface area contributed by atoms with Crippen LogP contribution in [0, 0.1) is 0 Å². The van der Waals surface area contributed by atoms with Gasteiger partial charge in [-0.1, -0.05) is 35.2 Å². The fourth-order valence-electron chi connectivity index (χ4n) is 0.496. The molecule has 3 nitrogen and oxygen atoms in total. The van der Waals surface area contributed by atoms with Crippen molar-refractivity contribution in [2.24, 2.45) is 5.73 Å². The van der Waals surface area contributed by atoms with Gasteiger partial charge in [-0.2, -0.15) is 0 Å². The third-order valence-corrected chi connectivity index (χ3v) is 2.15. The second-order valence-electron chi connectivity index (χ2n) is 1.96. The molecule has 2 N–H and O–H groups in total. The molecule has 0 aliphatic carbocycles. The molecule has 0 saturated carbocycles. The van der Waals surface area contributed by atoms with Gasteiger partial charge in [0, 0.05) is 0 Å². The highest BCUT2D eigenvalue weighted by atomic mass is 127. The summed E-state index contributed by atoms with van der Waals surface area (Å²) in [7, 11) is 0. The molecule has 11 heavy (non-hydrogen) atoms. The predicted molar refractivity (Wildman–Crippen MR) is 52.6 cm³/mol. The van der Waals surface area contributed by atoms with Crippen molar-refractivity contribution in [3.8, 4) is 0 Å². The van der Waals surface area contributed by atoms with Crippen LogP contribution >= 0.6 is 22.6 Å². The fraction of sp³-hybridized carbons (Fsp3) is 0.571. The van der Waals surface area contributed by atoms with E-state index in [0.717, 1.165) is 0 Å². The number of halogens is 1. The maximum absolute atomic E-state index is 11.0. The third kappa shape index (κ3) is 5.20. The molecule has 0 aliphatic heterocycles. The van der Waals surface area contributed by atoms with E-state index in [2.05, 4.69) is 6.58 Å². The topological polar surface area (TPSA) is 52.3 Å². The van der Waals surface area contributed by atoms with Crippen LogP contribution in [0.1, 0.15) is 6.42 Å². The van der Waals surface area contributed by atoms with Crippen LogP contribution in [-0.4, -0.2) is 23.0 Å². The van der Waals surface area contributed by atoms with E-state index in [9.17, 15) is 4.79 Å². The molecule has 0 spiro atoms. The first-order valence-electron chi connectivity index (χ1n) is 3.34. The molecule has 0 aromatic heterocycles. The summed E-state index contributed by atoms with van der Waals surface area (Å²) >= 11 is 2.02. The van der Waals surface area contributed by atoms with Crippen molar-refractivity contribution in [1.29, 1.82) is 0 Å². The minimum Gasteiger partial charge on any atom is -0.461 e. The maximum Gasteiger partial charge on any atom is 0.319 e. The smallest absolute Gasteiger partial charge is 0.319 e. The standard InChI is InChI=1S/C7H12INO2/c1-2-5-11-7(10)6(8)3-4-9/h2,6H,1,3-5,9H2/t6-/m1/s1. The van der Waals surface area contributed by atoms with Crippen LogP contribution in [0.5, 0.6) is 0 Å². The van der Waals surface area contributed by atoms with Gasteiger partial charge in [0.15, 0.2) is 0 Å². The van der Waals surface area contributed by atoms with Gasteiger partial charge in [-0.25, -0.2) is 0 Å². The number of hydrogen-bond acceptors (Lipinski definition) is 3. The quantitative estimate of drug-likeness (QED) is 0.349. The van der Waals surface area contributed by atoms with Crippen LogP contribution in [-0.2, 0) is 9.53 Å². The zero-order valence-electron chi connectivity index (χ0n) is 6.25. The summed E-state index contributed by atoms with van der Waals surface area (Å²) in [4.78, 5) is 11.0. The van der Waals surface area contributed by atoms with Crippen LogP contribution in [0.3, 0.4) is 0 Å². The van der Waals surface area contributed by atoms with Crippen molar-refractivity contribution < 1.29 is 9.53 Å². The van der Waals surface area contributed by atoms with Gasteiger partial charge in [0.25, 0.3) is 0 Å². The van der Waals surface area contributed by atoms with Crippen LogP contribution in [0.25, 0.3) is 0 Å². The van der Waals surface area contributed by atoms with Crippen LogP contribution in [0.4, 0.5) is 0 Å². The lowest BCUT2D eigenvalue weighted by Crippen LogP contribution is -2.20. The Balaban J connectivity index is 3.54. The molecule has 0 aromatic rings. The van der Waals surface area contributed by atoms with Gasteiger partial charge in [0.2, 0.25) is 0 Å². The van der Waals surface area contributed by atoms with E-state index in [-0.39, 0.29) is 16.5 Å². The maximum atomic E-state index is 11.0. The Morgan fingerprint density at radius 1 is 1.82 bits per heavy atom. The molecule has 0 fully saturated rings. The summed E-state index contributed by atoms with van der Waals surface area (Å²) < 4.78 is 4.66. The Hall–Kier alpha value is -0.100. The van der Waals surface area contributed by atoms with Gasteiger partial charge in [-0.3, -0.25) is 4.79 Å². The summed E-state index contributed by atoms with van der Waals surface area (Å²) in [5, 5.41) is 0. The molecule has 0 aliphatic rings. The Kier molecular flexibility index (Phi) is 6.54. The number of esters is 1. The molecule has 4 heteroatoms. The highest BCUT2D eigenvalue weighted by Gasteiger charge is 2.13. The SMILES string of the molecule is C=CCOC(=O)[C@H](I)CCN. The largest absolute Gasteiger partial charge is 0.461 e. The second kappa shape index (κ2) is 6.60. The molecular weight excluding hydrogens is 257 g/mol. The van der Waals surface area contributed by atoms with Crippen molar-refractivity contribution in [3.05, 3.63) is 12.7 Å². The van der Waals surface area contributed by atoms with Crippen molar-refractivity contribution in [2.45, 2.75) is 10.3 Å². The number of hydrogen-bond donors (Lipinski definition) is 1. The molecule has 0 rings (SSSR count). The third-order valence-electron chi connectivity index (χ3n) is 1.02. The molecular formula is C7H12INO2. The Labute approximate surface area is 80.1 Å². The number of carbonyl (C=O) groups is 1. The van der Waals surface area contributed by atoms with E-state index >= 15 is 0 Å². The molecule has 0 unspecified atom stereocenters. The molecule has 0 heterocycles. The van der Waals surface area contributed by atoms with Crippen molar-refractivity contribution >= 4 is 28.6 Å². The number of alkyl halides is 1. The van der Waals surface area contributed by atoms with E-state index in [0.29, 0.717) is 13.0 Å². The Morgan fingerprint density at radius 2 is 2.45 bits per heavy atom. The fourth-order valence-corrected chi connectivity index (χ4v) is 1.04. The average molecular weight is 269 g/mol. The lowest BCUT2D eigenvalue weighted by molar-refractivity contribution is -0.141. The Bertz CT molecular complexity index is 138. The van der Waals surface area contributed by atoms with Crippen LogP contribution in [0.2, 0.25) is 0 Å². The van der Waals surface area contributed by atoms with Crippen LogP contribution < -0.4 is 5.73 Å². The monoisotopic (exact) mass is 269 g/mol. The van der Waals surface area contributed by atoms with Crippen molar-refractivity contribution in [1.82, 2.24) is 0 Å². The normalized spacial score (nSPS) is 12.2. The minimum absolute atomic E-state index is 0.127. The molecule has 0 aromatic carbocycles. The average Bonchev–Trinajstić information content (AvgIpc) is 2.00. The van der Waals surface area contributed by atoms with Gasteiger partial charge in [-0.15, -0.1) is 0 Å². The summed E-state index contributed by atoms with van der Waals surface area (Å²) in [6.07, 6.45) is 2.21. The minimum atomic E-state index is -0.212. The molecule has 64 valence electrons. The molecule has 0 radical (unpaired) electrons. The van der Waals surface area contributed by atoms with E-state index in [1.807, 2.05) is 22.6 Å². The zero-order chi connectivity index (χ0) is 8.69. The lowest BCUT2D eigenvalue weighted by Gasteiger charge is -2.06. The Morgan fingerprint density at radius 3 is 2.91 bits per heavy atom. The van der Waals surface area contributed by atoms with E-state index in [1.54, 1.807) is 6.08 Å². The summed E-state index contributed by atoms with van der Waals surface area (Å²) in [5.74, 6) is -0.212. The van der Waals surface area contributed by atoms with E-state index < -0.39 is 0 Å². The van der Waals surface area contributed by atoms with E-state index in [4.69, 9.17) is 10.5 Å². The molecule has 0 amide bonds. The molecule has 1 atom stereocenters. The predicted octanol–water partition coefficient (Wildman–Crippen LogP) is 0.868. The van der Waals surface area contributed by atoms with Crippen molar-refractivity contribution in [2.75, 3.05) is 13.2 Å². The van der Waals surface area contributed by atoms with Gasteiger partial charge < -0.3 is 10.5 Å². The summed E-state index contributed by atoms with van der Waals surface area (Å²) in [6.45, 7) is 4.22. The van der Waals surface area contributed by atoms with Gasteiger partial charge in [0.1, 0.15) is 10.5 Å². The number of rotatable bonds is 5. The van der Waals surface area contributed by atoms with Gasteiger partial charge in [0.05, 0.1) is 0 Å². The van der Waals surface area contributed by atoms with Crippen molar-refractivity contribution in [3.63, 3.8) is 0 Å². The highest BCUT2D eigenvalue weighted by Crippen LogP contribution is 2.06. The zero-order valence-corrected chi connectivity index (χ0v) is 8.41. The first-order valence-corrected chi connectivity index (χ1v) is 4.58. The van der Waals surface area contributed by atoms with Gasteiger partial charge in [-0.05, 0) is 13.0 Å².